The van der Waals surface area contributed by atoms with Crippen LogP contribution in [0, 0.1) is 11.3 Å². The number of pyridine rings is 1. The Morgan fingerprint density at radius 3 is 2.41 bits per heavy atom. The van der Waals surface area contributed by atoms with Crippen molar-refractivity contribution in [3.05, 3.63) is 78.6 Å². The predicted molar refractivity (Wildman–Crippen MR) is 116 cm³/mol. The SMILES string of the molecule is COc1ccncc1N(c1ccccc1)C1CCN(c2ccc(C#N)cc2)CC1. The quantitative estimate of drug-likeness (QED) is 0.634. The second kappa shape index (κ2) is 8.66. The van der Waals surface area contributed by atoms with E-state index >= 15 is 0 Å². The summed E-state index contributed by atoms with van der Waals surface area (Å²) in [4.78, 5) is 9.11. The average Bonchev–Trinajstić information content (AvgIpc) is 2.81. The van der Waals surface area contributed by atoms with Gasteiger partial charge in [-0.3, -0.25) is 4.98 Å². The number of nitrogens with zero attached hydrogens (tertiary/aromatic N) is 4. The highest BCUT2D eigenvalue weighted by molar-refractivity contribution is 5.69. The Balaban J connectivity index is 1.57. The summed E-state index contributed by atoms with van der Waals surface area (Å²) in [6.07, 6.45) is 5.69. The zero-order valence-electron chi connectivity index (χ0n) is 16.5. The third-order valence-corrected chi connectivity index (χ3v) is 5.47. The molecule has 1 fully saturated rings. The molecule has 5 nitrogen and oxygen atoms in total. The first-order chi connectivity index (χ1) is 14.3. The van der Waals surface area contributed by atoms with Crippen molar-refractivity contribution in [1.82, 2.24) is 4.98 Å². The first kappa shape index (κ1) is 18.8. The Morgan fingerprint density at radius 2 is 1.76 bits per heavy atom. The first-order valence-corrected chi connectivity index (χ1v) is 9.87. The summed E-state index contributed by atoms with van der Waals surface area (Å²) in [7, 11) is 1.70. The van der Waals surface area contributed by atoms with Crippen LogP contribution in [-0.2, 0) is 0 Å². The van der Waals surface area contributed by atoms with E-state index in [9.17, 15) is 0 Å². The van der Waals surface area contributed by atoms with E-state index in [2.05, 4.69) is 45.1 Å². The molecule has 3 aromatic rings. The lowest BCUT2D eigenvalue weighted by atomic mass is 10.0. The maximum atomic E-state index is 9.01. The molecule has 0 N–H and O–H groups in total. The third kappa shape index (κ3) is 4.02. The van der Waals surface area contributed by atoms with E-state index in [0.29, 0.717) is 11.6 Å². The topological polar surface area (TPSA) is 52.4 Å². The van der Waals surface area contributed by atoms with Crippen molar-refractivity contribution in [2.45, 2.75) is 18.9 Å². The van der Waals surface area contributed by atoms with Crippen molar-refractivity contribution in [3.8, 4) is 11.8 Å². The normalized spacial score (nSPS) is 14.3. The molecule has 0 bridgehead atoms. The molecule has 0 aliphatic carbocycles. The lowest BCUT2D eigenvalue weighted by Gasteiger charge is -2.40. The smallest absolute Gasteiger partial charge is 0.145 e. The Bertz CT molecular complexity index is 974. The van der Waals surface area contributed by atoms with Crippen molar-refractivity contribution in [2.24, 2.45) is 0 Å². The first-order valence-electron chi connectivity index (χ1n) is 9.87. The number of ether oxygens (including phenoxy) is 1. The molecule has 2 aromatic carbocycles. The second-order valence-corrected chi connectivity index (χ2v) is 7.13. The molecule has 1 aliphatic heterocycles. The summed E-state index contributed by atoms with van der Waals surface area (Å²) >= 11 is 0. The number of anilines is 3. The van der Waals surface area contributed by atoms with E-state index < -0.39 is 0 Å². The van der Waals surface area contributed by atoms with Gasteiger partial charge < -0.3 is 14.5 Å². The average molecular weight is 384 g/mol. The highest BCUT2D eigenvalue weighted by Crippen LogP contribution is 2.37. The highest BCUT2D eigenvalue weighted by atomic mass is 16.5. The number of hydrogen-bond donors (Lipinski definition) is 0. The number of aromatic nitrogens is 1. The molecular weight excluding hydrogens is 360 g/mol. The Morgan fingerprint density at radius 1 is 1.03 bits per heavy atom. The fraction of sp³-hybridized carbons (Fsp3) is 0.250. The van der Waals surface area contributed by atoms with Gasteiger partial charge in [0.15, 0.2) is 0 Å². The summed E-state index contributed by atoms with van der Waals surface area (Å²) in [5.41, 5.74) is 4.02. The fourth-order valence-electron chi connectivity index (χ4n) is 3.99. The van der Waals surface area contributed by atoms with Crippen molar-refractivity contribution in [2.75, 3.05) is 30.0 Å². The van der Waals surface area contributed by atoms with Gasteiger partial charge in [-0.2, -0.15) is 5.26 Å². The minimum Gasteiger partial charge on any atom is -0.494 e. The van der Waals surface area contributed by atoms with Gasteiger partial charge in [0, 0.05) is 42.8 Å². The molecule has 4 rings (SSSR count). The second-order valence-electron chi connectivity index (χ2n) is 7.13. The van der Waals surface area contributed by atoms with E-state index in [1.807, 2.05) is 42.6 Å². The van der Waals surface area contributed by atoms with Crippen molar-refractivity contribution < 1.29 is 4.74 Å². The van der Waals surface area contributed by atoms with E-state index in [-0.39, 0.29) is 0 Å². The van der Waals surface area contributed by atoms with Crippen LogP contribution in [0.4, 0.5) is 17.1 Å². The maximum absolute atomic E-state index is 9.01. The Labute approximate surface area is 171 Å². The van der Waals surface area contributed by atoms with Crippen LogP contribution in [0.3, 0.4) is 0 Å². The number of nitriles is 1. The van der Waals surface area contributed by atoms with Crippen molar-refractivity contribution in [1.29, 1.82) is 5.26 Å². The summed E-state index contributed by atoms with van der Waals surface area (Å²) in [5.74, 6) is 0.832. The van der Waals surface area contributed by atoms with E-state index in [1.54, 1.807) is 13.3 Å². The molecular formula is C24H24N4O. The standard InChI is InChI=1S/C24H24N4O/c1-29-24-11-14-26-18-23(24)28(21-5-3-2-4-6-21)22-12-15-27(16-13-22)20-9-7-19(17-25)8-10-20/h2-11,14,18,22H,12-13,15-16H2,1H3. The molecule has 0 spiro atoms. The van der Waals surface area contributed by atoms with Gasteiger partial charge in [0.25, 0.3) is 0 Å². The van der Waals surface area contributed by atoms with Crippen LogP contribution in [0.1, 0.15) is 18.4 Å². The van der Waals surface area contributed by atoms with Crippen LogP contribution in [0.25, 0.3) is 0 Å². The number of methoxy groups -OCH3 is 1. The van der Waals surface area contributed by atoms with Crippen LogP contribution < -0.4 is 14.5 Å². The van der Waals surface area contributed by atoms with Gasteiger partial charge in [-0.05, 0) is 49.2 Å². The van der Waals surface area contributed by atoms with Gasteiger partial charge in [0.1, 0.15) is 11.4 Å². The number of para-hydroxylation sites is 1. The number of rotatable bonds is 5. The molecule has 146 valence electrons. The predicted octanol–water partition coefficient (Wildman–Crippen LogP) is 4.77. The summed E-state index contributed by atoms with van der Waals surface area (Å²) in [6.45, 7) is 1.92. The molecule has 1 aliphatic rings. The van der Waals surface area contributed by atoms with Crippen LogP contribution >= 0.6 is 0 Å². The van der Waals surface area contributed by atoms with Gasteiger partial charge in [0.2, 0.25) is 0 Å². The minimum atomic E-state index is 0.352. The third-order valence-electron chi connectivity index (χ3n) is 5.47. The van der Waals surface area contributed by atoms with Crippen LogP contribution in [0.15, 0.2) is 73.1 Å². The summed E-state index contributed by atoms with van der Waals surface area (Å²) in [6, 6.07) is 22.7. The molecule has 0 saturated carbocycles. The number of benzene rings is 2. The van der Waals surface area contributed by atoms with Crippen LogP contribution in [-0.4, -0.2) is 31.2 Å². The fourth-order valence-corrected chi connectivity index (χ4v) is 3.99. The van der Waals surface area contributed by atoms with E-state index in [1.165, 1.54) is 5.69 Å². The van der Waals surface area contributed by atoms with E-state index in [4.69, 9.17) is 10.00 Å². The molecule has 0 unspecified atom stereocenters. The summed E-state index contributed by atoms with van der Waals surface area (Å²) in [5, 5.41) is 9.01. The van der Waals surface area contributed by atoms with Gasteiger partial charge in [-0.15, -0.1) is 0 Å². The maximum Gasteiger partial charge on any atom is 0.145 e. The zero-order valence-corrected chi connectivity index (χ0v) is 16.5. The molecule has 1 aromatic heterocycles. The van der Waals surface area contributed by atoms with Crippen LogP contribution in [0.2, 0.25) is 0 Å². The molecule has 0 amide bonds. The number of piperidine rings is 1. The molecule has 29 heavy (non-hydrogen) atoms. The lowest BCUT2D eigenvalue weighted by Crippen LogP contribution is -2.43. The van der Waals surface area contributed by atoms with Crippen molar-refractivity contribution >= 4 is 17.1 Å². The van der Waals surface area contributed by atoms with Gasteiger partial charge in [-0.1, -0.05) is 18.2 Å². The monoisotopic (exact) mass is 384 g/mol. The molecule has 2 heterocycles. The van der Waals surface area contributed by atoms with Gasteiger partial charge >= 0.3 is 0 Å². The minimum absolute atomic E-state index is 0.352. The largest absolute Gasteiger partial charge is 0.494 e. The molecule has 1 saturated heterocycles. The van der Waals surface area contributed by atoms with Gasteiger partial charge in [-0.25, -0.2) is 0 Å². The molecule has 0 radical (unpaired) electrons. The van der Waals surface area contributed by atoms with Crippen LogP contribution in [0.5, 0.6) is 5.75 Å². The Kier molecular flexibility index (Phi) is 5.62. The molecule has 5 heteroatoms. The molecule has 0 atom stereocenters. The van der Waals surface area contributed by atoms with Gasteiger partial charge in [0.05, 0.1) is 24.9 Å². The van der Waals surface area contributed by atoms with E-state index in [0.717, 1.165) is 43.1 Å². The zero-order chi connectivity index (χ0) is 20.1. The number of hydrogen-bond acceptors (Lipinski definition) is 5. The lowest BCUT2D eigenvalue weighted by molar-refractivity contribution is 0.411. The van der Waals surface area contributed by atoms with Crippen molar-refractivity contribution in [3.63, 3.8) is 0 Å². The summed E-state index contributed by atoms with van der Waals surface area (Å²) < 4.78 is 5.63. The highest BCUT2D eigenvalue weighted by Gasteiger charge is 2.28. The Hall–Kier alpha value is -3.52.